The highest BCUT2D eigenvalue weighted by Gasteiger charge is 2.23. The van der Waals surface area contributed by atoms with E-state index in [0.717, 1.165) is 38.4 Å². The van der Waals surface area contributed by atoms with Crippen LogP contribution in [0.5, 0.6) is 0 Å². The van der Waals surface area contributed by atoms with Crippen molar-refractivity contribution in [3.8, 4) is 0 Å². The Balaban J connectivity index is 1.50. The van der Waals surface area contributed by atoms with Crippen molar-refractivity contribution < 1.29 is 4.79 Å². The summed E-state index contributed by atoms with van der Waals surface area (Å²) < 4.78 is 0. The second-order valence-corrected chi connectivity index (χ2v) is 7.38. The van der Waals surface area contributed by atoms with Crippen molar-refractivity contribution in [2.45, 2.75) is 25.9 Å². The maximum Gasteiger partial charge on any atom is 0.250 e. The molecule has 0 saturated carbocycles. The fourth-order valence-electron chi connectivity index (χ4n) is 3.80. The number of hydrogen-bond acceptors (Lipinski definition) is 4. The van der Waals surface area contributed by atoms with Crippen molar-refractivity contribution in [1.82, 2.24) is 9.80 Å². The van der Waals surface area contributed by atoms with Crippen LogP contribution in [0.1, 0.15) is 35.8 Å². The van der Waals surface area contributed by atoms with Crippen molar-refractivity contribution in [2.24, 2.45) is 5.73 Å². The van der Waals surface area contributed by atoms with E-state index >= 15 is 0 Å². The standard InChI is InChI=1S/C22H30N4O/c1-17(24-21-11-7-6-10-20(21)22(23)27)16-25-12-14-26(15-13-25)18(2)19-8-4-3-5-9-19/h3-11,17-18,24H,12-16H2,1-2H3,(H2,23,27). The molecule has 0 aliphatic carbocycles. The Morgan fingerprint density at radius 1 is 1.00 bits per heavy atom. The molecule has 144 valence electrons. The number of hydrogen-bond donors (Lipinski definition) is 2. The Morgan fingerprint density at radius 3 is 2.30 bits per heavy atom. The summed E-state index contributed by atoms with van der Waals surface area (Å²) in [5.41, 5.74) is 8.21. The van der Waals surface area contributed by atoms with Crippen LogP contribution in [0.3, 0.4) is 0 Å². The fourth-order valence-corrected chi connectivity index (χ4v) is 3.80. The minimum absolute atomic E-state index is 0.239. The lowest BCUT2D eigenvalue weighted by atomic mass is 10.1. The van der Waals surface area contributed by atoms with Crippen molar-refractivity contribution in [2.75, 3.05) is 38.0 Å². The summed E-state index contributed by atoms with van der Waals surface area (Å²) in [6, 6.07) is 18.8. The van der Waals surface area contributed by atoms with Gasteiger partial charge in [0, 0.05) is 50.5 Å². The molecule has 5 nitrogen and oxygen atoms in total. The second-order valence-electron chi connectivity index (χ2n) is 7.38. The van der Waals surface area contributed by atoms with Crippen LogP contribution < -0.4 is 11.1 Å². The number of carbonyl (C=O) groups excluding carboxylic acids is 1. The number of primary amides is 1. The minimum atomic E-state index is -0.395. The summed E-state index contributed by atoms with van der Waals surface area (Å²) in [7, 11) is 0. The highest BCUT2D eigenvalue weighted by atomic mass is 16.1. The normalized spacial score (nSPS) is 18.0. The van der Waals surface area contributed by atoms with Gasteiger partial charge in [0.25, 0.3) is 5.91 Å². The number of nitrogens with zero attached hydrogens (tertiary/aromatic N) is 2. The van der Waals surface area contributed by atoms with E-state index in [-0.39, 0.29) is 6.04 Å². The summed E-state index contributed by atoms with van der Waals surface area (Å²) in [5.74, 6) is -0.395. The smallest absolute Gasteiger partial charge is 0.250 e. The van der Waals surface area contributed by atoms with Crippen LogP contribution in [-0.4, -0.2) is 54.5 Å². The molecule has 3 N–H and O–H groups in total. The van der Waals surface area contributed by atoms with Gasteiger partial charge in [-0.15, -0.1) is 0 Å². The molecule has 2 atom stereocenters. The molecule has 1 aliphatic heterocycles. The third-order valence-corrected chi connectivity index (χ3v) is 5.36. The molecular weight excluding hydrogens is 336 g/mol. The first-order valence-corrected chi connectivity index (χ1v) is 9.71. The lowest BCUT2D eigenvalue weighted by Crippen LogP contribution is -2.49. The van der Waals surface area contributed by atoms with Gasteiger partial charge in [0.15, 0.2) is 0 Å². The van der Waals surface area contributed by atoms with Gasteiger partial charge in [0.2, 0.25) is 0 Å². The molecule has 27 heavy (non-hydrogen) atoms. The summed E-state index contributed by atoms with van der Waals surface area (Å²) in [5, 5.41) is 3.44. The molecule has 0 aromatic heterocycles. The molecule has 0 bridgehead atoms. The monoisotopic (exact) mass is 366 g/mol. The molecule has 1 aliphatic rings. The summed E-state index contributed by atoms with van der Waals surface area (Å²) in [6.07, 6.45) is 0. The second kappa shape index (κ2) is 9.02. The Morgan fingerprint density at radius 2 is 1.63 bits per heavy atom. The molecule has 0 spiro atoms. The van der Waals surface area contributed by atoms with Gasteiger partial charge in [-0.25, -0.2) is 0 Å². The van der Waals surface area contributed by atoms with Gasteiger partial charge in [-0.1, -0.05) is 42.5 Å². The third kappa shape index (κ3) is 5.08. The van der Waals surface area contributed by atoms with Gasteiger partial charge in [-0.2, -0.15) is 0 Å². The first-order valence-electron chi connectivity index (χ1n) is 9.71. The lowest BCUT2D eigenvalue weighted by molar-refractivity contribution is 0.0998. The molecule has 1 heterocycles. The molecular formula is C22H30N4O. The number of piperazine rings is 1. The first kappa shape index (κ1) is 19.4. The van der Waals surface area contributed by atoms with Gasteiger partial charge in [-0.3, -0.25) is 14.6 Å². The van der Waals surface area contributed by atoms with Gasteiger partial charge < -0.3 is 11.1 Å². The first-order chi connectivity index (χ1) is 13.0. The summed E-state index contributed by atoms with van der Waals surface area (Å²) >= 11 is 0. The van der Waals surface area contributed by atoms with Crippen LogP contribution >= 0.6 is 0 Å². The number of nitrogens with one attached hydrogen (secondary N) is 1. The van der Waals surface area contributed by atoms with E-state index in [9.17, 15) is 4.79 Å². The fraction of sp³-hybridized carbons (Fsp3) is 0.409. The average Bonchev–Trinajstić information content (AvgIpc) is 2.69. The number of anilines is 1. The van der Waals surface area contributed by atoms with E-state index in [4.69, 9.17) is 5.73 Å². The molecule has 1 fully saturated rings. The molecule has 0 radical (unpaired) electrons. The molecule has 5 heteroatoms. The zero-order chi connectivity index (χ0) is 19.2. The Hall–Kier alpha value is -2.37. The maximum atomic E-state index is 11.6. The van der Waals surface area contributed by atoms with Crippen molar-refractivity contribution in [3.63, 3.8) is 0 Å². The Bertz CT molecular complexity index is 741. The van der Waals surface area contributed by atoms with E-state index in [2.05, 4.69) is 59.3 Å². The SMILES string of the molecule is CC(CN1CCN(C(C)c2ccccc2)CC1)Nc1ccccc1C(N)=O. The van der Waals surface area contributed by atoms with Gasteiger partial charge in [0.1, 0.15) is 0 Å². The number of rotatable bonds is 7. The van der Waals surface area contributed by atoms with Gasteiger partial charge >= 0.3 is 0 Å². The van der Waals surface area contributed by atoms with Crippen LogP contribution in [-0.2, 0) is 0 Å². The average molecular weight is 367 g/mol. The third-order valence-electron chi connectivity index (χ3n) is 5.36. The topological polar surface area (TPSA) is 61.6 Å². The van der Waals surface area contributed by atoms with Crippen LogP contribution in [0, 0.1) is 0 Å². The van der Waals surface area contributed by atoms with Gasteiger partial charge in [0.05, 0.1) is 5.56 Å². The van der Waals surface area contributed by atoms with Crippen LogP contribution in [0.2, 0.25) is 0 Å². The zero-order valence-corrected chi connectivity index (χ0v) is 16.3. The van der Waals surface area contributed by atoms with E-state index < -0.39 is 5.91 Å². The molecule has 2 aromatic carbocycles. The predicted octanol–water partition coefficient (Wildman–Crippen LogP) is 2.96. The zero-order valence-electron chi connectivity index (χ0n) is 16.3. The maximum absolute atomic E-state index is 11.6. The van der Waals surface area contributed by atoms with Crippen LogP contribution in [0.25, 0.3) is 0 Å². The van der Waals surface area contributed by atoms with Crippen molar-refractivity contribution >= 4 is 11.6 Å². The van der Waals surface area contributed by atoms with Crippen molar-refractivity contribution in [1.29, 1.82) is 0 Å². The van der Waals surface area contributed by atoms with Crippen LogP contribution in [0.15, 0.2) is 54.6 Å². The minimum Gasteiger partial charge on any atom is -0.381 e. The van der Waals surface area contributed by atoms with E-state index in [1.807, 2.05) is 18.2 Å². The molecule has 3 rings (SSSR count). The van der Waals surface area contributed by atoms with E-state index in [1.54, 1.807) is 6.07 Å². The Labute approximate surface area is 162 Å². The molecule has 1 saturated heterocycles. The Kier molecular flexibility index (Phi) is 6.48. The largest absolute Gasteiger partial charge is 0.381 e. The number of amides is 1. The highest BCUT2D eigenvalue weighted by Crippen LogP contribution is 2.21. The quantitative estimate of drug-likeness (QED) is 0.791. The predicted molar refractivity (Wildman–Crippen MR) is 111 cm³/mol. The van der Waals surface area contributed by atoms with E-state index in [1.165, 1.54) is 5.56 Å². The highest BCUT2D eigenvalue weighted by molar-refractivity contribution is 5.98. The van der Waals surface area contributed by atoms with Crippen LogP contribution in [0.4, 0.5) is 5.69 Å². The number of para-hydroxylation sites is 1. The number of carbonyl (C=O) groups is 1. The van der Waals surface area contributed by atoms with E-state index in [0.29, 0.717) is 11.6 Å². The summed E-state index contributed by atoms with van der Waals surface area (Å²) in [6.45, 7) is 9.63. The molecule has 1 amide bonds. The molecule has 2 aromatic rings. The van der Waals surface area contributed by atoms with Gasteiger partial charge in [-0.05, 0) is 31.5 Å². The lowest BCUT2D eigenvalue weighted by Gasteiger charge is -2.39. The summed E-state index contributed by atoms with van der Waals surface area (Å²) in [4.78, 5) is 16.6. The number of benzene rings is 2. The van der Waals surface area contributed by atoms with Crippen molar-refractivity contribution in [3.05, 3.63) is 65.7 Å². The molecule has 2 unspecified atom stereocenters. The number of nitrogens with two attached hydrogens (primary N) is 1.